The number of nitriles is 1. The smallest absolute Gasteiger partial charge is 0.250 e. The summed E-state index contributed by atoms with van der Waals surface area (Å²) in [5.74, 6) is -0.401. The lowest BCUT2D eigenvalue weighted by atomic mass is 10.0. The second-order valence-electron chi connectivity index (χ2n) is 4.61. The third-order valence-corrected chi connectivity index (χ3v) is 3.08. The highest BCUT2D eigenvalue weighted by molar-refractivity contribution is 5.62. The topological polar surface area (TPSA) is 71.8 Å². The predicted molar refractivity (Wildman–Crippen MR) is 74.4 cm³/mol. The van der Waals surface area contributed by atoms with Gasteiger partial charge in [-0.15, -0.1) is 0 Å². The maximum Gasteiger partial charge on any atom is 0.250 e. The summed E-state index contributed by atoms with van der Waals surface area (Å²) in [6, 6.07) is 9.01. The molecule has 0 saturated heterocycles. The van der Waals surface area contributed by atoms with Crippen LogP contribution in [0.1, 0.15) is 5.56 Å². The zero-order valence-corrected chi connectivity index (χ0v) is 11.0. The van der Waals surface area contributed by atoms with E-state index in [1.807, 2.05) is 6.07 Å². The monoisotopic (exact) mass is 271 g/mol. The van der Waals surface area contributed by atoms with Gasteiger partial charge in [0.25, 0.3) is 0 Å². The molecular weight excluding hydrogens is 257 g/mol. The first-order valence-corrected chi connectivity index (χ1v) is 6.12. The van der Waals surface area contributed by atoms with Crippen molar-refractivity contribution in [2.75, 3.05) is 0 Å². The van der Waals surface area contributed by atoms with Crippen molar-refractivity contribution in [1.82, 2.24) is 4.57 Å². The first kappa shape index (κ1) is 14.0. The van der Waals surface area contributed by atoms with E-state index >= 15 is 0 Å². The molecule has 4 nitrogen and oxygen atoms in total. The summed E-state index contributed by atoms with van der Waals surface area (Å²) in [6.07, 6.45) is 1.83. The van der Waals surface area contributed by atoms with Crippen LogP contribution in [0.5, 0.6) is 0 Å². The maximum absolute atomic E-state index is 14.0. The van der Waals surface area contributed by atoms with Gasteiger partial charge in [-0.3, -0.25) is 4.79 Å². The van der Waals surface area contributed by atoms with Crippen LogP contribution in [0.15, 0.2) is 41.3 Å². The molecule has 0 amide bonds. The van der Waals surface area contributed by atoms with Crippen LogP contribution < -0.4 is 11.3 Å². The van der Waals surface area contributed by atoms with Gasteiger partial charge in [0, 0.05) is 25.7 Å². The Morgan fingerprint density at radius 1 is 1.35 bits per heavy atom. The molecule has 0 aliphatic carbocycles. The molecule has 1 atom stereocenters. The van der Waals surface area contributed by atoms with Crippen molar-refractivity contribution in [3.63, 3.8) is 0 Å². The Labute approximate surface area is 115 Å². The summed E-state index contributed by atoms with van der Waals surface area (Å²) in [4.78, 5) is 11.3. The minimum atomic E-state index is -0.715. The van der Waals surface area contributed by atoms with Crippen molar-refractivity contribution >= 4 is 0 Å². The molecule has 1 heterocycles. The van der Waals surface area contributed by atoms with Crippen molar-refractivity contribution in [3.05, 3.63) is 58.3 Å². The lowest BCUT2D eigenvalue weighted by Gasteiger charge is -2.08. The Kier molecular flexibility index (Phi) is 3.97. The van der Waals surface area contributed by atoms with Crippen molar-refractivity contribution in [2.45, 2.75) is 12.5 Å². The second-order valence-corrected chi connectivity index (χ2v) is 4.61. The molecule has 0 fully saturated rings. The Balaban J connectivity index is 2.35. The highest BCUT2D eigenvalue weighted by Crippen LogP contribution is 2.21. The molecule has 0 aliphatic heterocycles. The van der Waals surface area contributed by atoms with E-state index in [9.17, 15) is 9.18 Å². The van der Waals surface area contributed by atoms with Gasteiger partial charge >= 0.3 is 0 Å². The van der Waals surface area contributed by atoms with E-state index in [1.54, 1.807) is 31.4 Å². The molecule has 102 valence electrons. The van der Waals surface area contributed by atoms with E-state index in [1.165, 1.54) is 16.7 Å². The lowest BCUT2D eigenvalue weighted by molar-refractivity contribution is 0.604. The number of nitrogens with zero attached hydrogens (tertiary/aromatic N) is 2. The number of nitrogens with two attached hydrogens (primary N) is 1. The molecule has 0 aliphatic rings. The van der Waals surface area contributed by atoms with Gasteiger partial charge in [-0.25, -0.2) is 4.39 Å². The van der Waals surface area contributed by atoms with Crippen molar-refractivity contribution in [3.8, 4) is 17.2 Å². The second kappa shape index (κ2) is 5.68. The van der Waals surface area contributed by atoms with E-state index in [-0.39, 0.29) is 12.0 Å². The molecule has 0 bridgehead atoms. The van der Waals surface area contributed by atoms with Gasteiger partial charge in [0.2, 0.25) is 5.56 Å². The summed E-state index contributed by atoms with van der Waals surface area (Å²) in [6.45, 7) is 0. The van der Waals surface area contributed by atoms with Crippen LogP contribution >= 0.6 is 0 Å². The molecule has 20 heavy (non-hydrogen) atoms. The van der Waals surface area contributed by atoms with E-state index in [4.69, 9.17) is 11.0 Å². The maximum atomic E-state index is 14.0. The SMILES string of the molecule is Cn1cc(-c2ccc(C[C@H](N)C#N)c(F)c2)ccc1=O. The summed E-state index contributed by atoms with van der Waals surface area (Å²) in [5.41, 5.74) is 7.21. The standard InChI is InChI=1S/C15H14FN3O/c1-19-9-12(4-5-15(19)20)10-2-3-11(14(16)7-10)6-13(18)8-17/h2-5,7,9,13H,6,18H2,1H3/t13-/m0/s1. The Morgan fingerprint density at radius 3 is 2.65 bits per heavy atom. The van der Waals surface area contributed by atoms with Crippen LogP contribution in [0.25, 0.3) is 11.1 Å². The Morgan fingerprint density at radius 2 is 2.05 bits per heavy atom. The molecule has 2 aromatic rings. The Bertz CT molecular complexity index is 731. The fraction of sp³-hybridized carbons (Fsp3) is 0.200. The zero-order valence-electron chi connectivity index (χ0n) is 11.0. The molecule has 0 unspecified atom stereocenters. The van der Waals surface area contributed by atoms with Crippen LogP contribution in [0.2, 0.25) is 0 Å². The molecule has 1 aromatic carbocycles. The minimum Gasteiger partial charge on any atom is -0.318 e. The normalized spacial score (nSPS) is 11.9. The number of pyridine rings is 1. The molecule has 0 saturated carbocycles. The van der Waals surface area contributed by atoms with Crippen LogP contribution in [-0.2, 0) is 13.5 Å². The number of halogens is 1. The third-order valence-electron chi connectivity index (χ3n) is 3.08. The van der Waals surface area contributed by atoms with Gasteiger partial charge in [0.1, 0.15) is 5.82 Å². The molecular formula is C15H14FN3O. The largest absolute Gasteiger partial charge is 0.318 e. The number of aryl methyl sites for hydroxylation is 1. The van der Waals surface area contributed by atoms with Gasteiger partial charge in [-0.05, 0) is 28.8 Å². The molecule has 0 spiro atoms. The summed E-state index contributed by atoms with van der Waals surface area (Å²) < 4.78 is 15.4. The van der Waals surface area contributed by atoms with E-state index < -0.39 is 11.9 Å². The first-order valence-electron chi connectivity index (χ1n) is 6.12. The highest BCUT2D eigenvalue weighted by atomic mass is 19.1. The van der Waals surface area contributed by atoms with Crippen LogP contribution in [0.3, 0.4) is 0 Å². The van der Waals surface area contributed by atoms with Crippen LogP contribution in [0.4, 0.5) is 4.39 Å². The summed E-state index contributed by atoms with van der Waals surface area (Å²) in [5, 5.41) is 8.65. The van der Waals surface area contributed by atoms with Gasteiger partial charge in [-0.2, -0.15) is 5.26 Å². The van der Waals surface area contributed by atoms with Gasteiger partial charge in [-0.1, -0.05) is 12.1 Å². The number of aromatic nitrogens is 1. The van der Waals surface area contributed by atoms with E-state index in [0.29, 0.717) is 11.1 Å². The molecule has 2 rings (SSSR count). The molecule has 2 N–H and O–H groups in total. The van der Waals surface area contributed by atoms with Gasteiger partial charge in [0.05, 0.1) is 12.1 Å². The minimum absolute atomic E-state index is 0.120. The third kappa shape index (κ3) is 2.92. The number of hydrogen-bond acceptors (Lipinski definition) is 3. The predicted octanol–water partition coefficient (Wildman–Crippen LogP) is 1.58. The zero-order chi connectivity index (χ0) is 14.7. The highest BCUT2D eigenvalue weighted by Gasteiger charge is 2.09. The summed E-state index contributed by atoms with van der Waals surface area (Å²) in [7, 11) is 1.64. The number of rotatable bonds is 3. The van der Waals surface area contributed by atoms with E-state index in [2.05, 4.69) is 0 Å². The Hall–Kier alpha value is -2.45. The van der Waals surface area contributed by atoms with Crippen LogP contribution in [0, 0.1) is 17.1 Å². The fourth-order valence-electron chi connectivity index (χ4n) is 1.94. The average Bonchev–Trinajstić information content (AvgIpc) is 2.44. The van der Waals surface area contributed by atoms with Crippen molar-refractivity contribution in [1.29, 1.82) is 5.26 Å². The lowest BCUT2D eigenvalue weighted by Crippen LogP contribution is -2.20. The number of benzene rings is 1. The first-order chi connectivity index (χ1) is 9.51. The van der Waals surface area contributed by atoms with Crippen LogP contribution in [-0.4, -0.2) is 10.6 Å². The van der Waals surface area contributed by atoms with E-state index in [0.717, 1.165) is 5.56 Å². The fourth-order valence-corrected chi connectivity index (χ4v) is 1.94. The molecule has 1 aromatic heterocycles. The van der Waals surface area contributed by atoms with Gasteiger partial charge in [0.15, 0.2) is 0 Å². The average molecular weight is 271 g/mol. The number of hydrogen-bond donors (Lipinski definition) is 1. The summed E-state index contributed by atoms with van der Waals surface area (Å²) >= 11 is 0. The molecule has 0 radical (unpaired) electrons. The van der Waals surface area contributed by atoms with Crippen molar-refractivity contribution in [2.24, 2.45) is 12.8 Å². The van der Waals surface area contributed by atoms with Crippen molar-refractivity contribution < 1.29 is 4.39 Å². The quantitative estimate of drug-likeness (QED) is 0.921. The molecule has 5 heteroatoms. The van der Waals surface area contributed by atoms with Gasteiger partial charge < -0.3 is 10.3 Å².